The zero-order chi connectivity index (χ0) is 31.9. The van der Waals surface area contributed by atoms with Crippen LogP contribution in [0.25, 0.3) is 11.1 Å². The summed E-state index contributed by atoms with van der Waals surface area (Å²) in [5.74, 6) is 0.230. The van der Waals surface area contributed by atoms with E-state index in [9.17, 15) is 4.79 Å². The van der Waals surface area contributed by atoms with E-state index in [1.807, 2.05) is 13.8 Å². The minimum absolute atomic E-state index is 0.116. The van der Waals surface area contributed by atoms with E-state index in [4.69, 9.17) is 9.84 Å². The Morgan fingerprint density at radius 1 is 0.705 bits per heavy atom. The second kappa shape index (κ2) is 18.1. The fraction of sp³-hybridized carbons (Fsp3) is 0.390. The van der Waals surface area contributed by atoms with E-state index in [0.717, 1.165) is 57.1 Å². The normalized spacial score (nSPS) is 11.4. The second-order valence-corrected chi connectivity index (χ2v) is 11.8. The minimum Gasteiger partial charge on any atom is -0.489 e. The van der Waals surface area contributed by atoms with Crippen LogP contribution in [0.2, 0.25) is 0 Å². The van der Waals surface area contributed by atoms with Crippen molar-refractivity contribution in [2.45, 2.75) is 99.5 Å². The van der Waals surface area contributed by atoms with Gasteiger partial charge in [-0.05, 0) is 91.8 Å². The summed E-state index contributed by atoms with van der Waals surface area (Å²) in [5.41, 5.74) is 12.2. The zero-order valence-electron chi connectivity index (χ0n) is 27.8. The Labute approximate surface area is 266 Å². The van der Waals surface area contributed by atoms with Crippen LogP contribution < -0.4 is 4.74 Å². The van der Waals surface area contributed by atoms with Gasteiger partial charge in [0.25, 0.3) is 0 Å². The lowest BCUT2D eigenvalue weighted by atomic mass is 9.87. The second-order valence-electron chi connectivity index (χ2n) is 11.8. The van der Waals surface area contributed by atoms with Crippen molar-refractivity contribution in [3.63, 3.8) is 0 Å². The molecule has 4 aromatic carbocycles. The molecule has 44 heavy (non-hydrogen) atoms. The predicted molar refractivity (Wildman–Crippen MR) is 186 cm³/mol. The number of aliphatic carboxylic acids is 1. The van der Waals surface area contributed by atoms with Crippen LogP contribution in [0.1, 0.15) is 92.3 Å². The molecule has 3 heteroatoms. The fourth-order valence-electron chi connectivity index (χ4n) is 5.94. The van der Waals surface area contributed by atoms with Crippen LogP contribution in [0.4, 0.5) is 0 Å². The van der Waals surface area contributed by atoms with Crippen molar-refractivity contribution in [3.8, 4) is 16.9 Å². The molecule has 0 aliphatic carbocycles. The highest BCUT2D eigenvalue weighted by Gasteiger charge is 2.16. The lowest BCUT2D eigenvalue weighted by Crippen LogP contribution is -2.11. The first kappa shape index (κ1) is 34.6. The van der Waals surface area contributed by atoms with E-state index >= 15 is 0 Å². The van der Waals surface area contributed by atoms with Crippen molar-refractivity contribution in [1.29, 1.82) is 0 Å². The molecular formula is C41H52O3. The highest BCUT2D eigenvalue weighted by Crippen LogP contribution is 2.36. The Morgan fingerprint density at radius 2 is 1.32 bits per heavy atom. The summed E-state index contributed by atoms with van der Waals surface area (Å²) in [6.45, 7) is 13.3. The van der Waals surface area contributed by atoms with Gasteiger partial charge in [-0.2, -0.15) is 0 Å². The fourth-order valence-corrected chi connectivity index (χ4v) is 5.94. The monoisotopic (exact) mass is 592 g/mol. The lowest BCUT2D eigenvalue weighted by molar-refractivity contribution is -0.142. The maximum Gasteiger partial charge on any atom is 0.306 e. The molecular weight excluding hydrogens is 540 g/mol. The van der Waals surface area contributed by atoms with Gasteiger partial charge in [0.15, 0.2) is 0 Å². The highest BCUT2D eigenvalue weighted by atomic mass is 16.5. The third kappa shape index (κ3) is 10.1. The molecule has 4 rings (SSSR count). The molecule has 0 amide bonds. The number of carboxylic acids is 1. The molecule has 4 aromatic rings. The van der Waals surface area contributed by atoms with Gasteiger partial charge >= 0.3 is 5.97 Å². The molecule has 0 spiro atoms. The summed E-state index contributed by atoms with van der Waals surface area (Å²) < 4.78 is 6.38. The predicted octanol–water partition coefficient (Wildman–Crippen LogP) is 10.7. The lowest BCUT2D eigenvalue weighted by Gasteiger charge is -2.19. The molecule has 0 saturated heterocycles. The van der Waals surface area contributed by atoms with Gasteiger partial charge in [0.1, 0.15) is 12.4 Å². The van der Waals surface area contributed by atoms with Crippen molar-refractivity contribution in [1.82, 2.24) is 0 Å². The van der Waals surface area contributed by atoms with Crippen molar-refractivity contribution in [2.75, 3.05) is 0 Å². The molecule has 0 aliphatic heterocycles. The Morgan fingerprint density at radius 3 is 1.89 bits per heavy atom. The number of hydrogen-bond acceptors (Lipinski definition) is 2. The third-order valence-electron chi connectivity index (χ3n) is 8.27. The van der Waals surface area contributed by atoms with Crippen LogP contribution in [0.3, 0.4) is 0 Å². The van der Waals surface area contributed by atoms with Crippen LogP contribution in [0, 0.1) is 19.8 Å². The first-order valence-electron chi connectivity index (χ1n) is 16.5. The Balaban J connectivity index is 0.000000512. The van der Waals surface area contributed by atoms with Gasteiger partial charge in [-0.25, -0.2) is 0 Å². The quantitative estimate of drug-likeness (QED) is 0.158. The number of carbonyl (C=O) groups is 1. The molecule has 0 heterocycles. The van der Waals surface area contributed by atoms with Crippen LogP contribution in [0.15, 0.2) is 84.9 Å². The van der Waals surface area contributed by atoms with E-state index in [1.165, 1.54) is 50.1 Å². The Kier molecular flexibility index (Phi) is 14.2. The van der Waals surface area contributed by atoms with Crippen molar-refractivity contribution < 1.29 is 14.6 Å². The molecule has 0 aliphatic rings. The minimum atomic E-state index is -0.653. The summed E-state index contributed by atoms with van der Waals surface area (Å²) in [6.07, 6.45) is 7.84. The number of aryl methyl sites for hydroxylation is 4. The summed E-state index contributed by atoms with van der Waals surface area (Å²) in [6, 6.07) is 30.9. The largest absolute Gasteiger partial charge is 0.489 e. The number of ether oxygens (including phenoxy) is 1. The van der Waals surface area contributed by atoms with Crippen molar-refractivity contribution in [3.05, 3.63) is 124 Å². The molecule has 0 saturated carbocycles. The zero-order valence-corrected chi connectivity index (χ0v) is 27.8. The van der Waals surface area contributed by atoms with E-state index in [1.54, 1.807) is 0 Å². The molecule has 0 aromatic heterocycles. The highest BCUT2D eigenvalue weighted by molar-refractivity contribution is 5.74. The van der Waals surface area contributed by atoms with E-state index in [2.05, 4.69) is 113 Å². The van der Waals surface area contributed by atoms with Gasteiger partial charge in [0.05, 0.1) is 5.92 Å². The summed E-state index contributed by atoms with van der Waals surface area (Å²) in [4.78, 5) is 10.3. The maximum atomic E-state index is 10.3. The smallest absolute Gasteiger partial charge is 0.306 e. The average molecular weight is 593 g/mol. The summed E-state index contributed by atoms with van der Waals surface area (Å²) in [7, 11) is 0. The van der Waals surface area contributed by atoms with Crippen LogP contribution in [0.5, 0.6) is 5.75 Å². The average Bonchev–Trinajstić information content (AvgIpc) is 3.02. The molecule has 234 valence electrons. The van der Waals surface area contributed by atoms with E-state index < -0.39 is 5.97 Å². The van der Waals surface area contributed by atoms with Gasteiger partial charge in [-0.1, -0.05) is 131 Å². The molecule has 1 atom stereocenters. The van der Waals surface area contributed by atoms with Gasteiger partial charge in [0.2, 0.25) is 0 Å². The molecule has 0 unspecified atom stereocenters. The van der Waals surface area contributed by atoms with Crippen LogP contribution >= 0.6 is 0 Å². The molecule has 3 nitrogen and oxygen atoms in total. The first-order valence-corrected chi connectivity index (χ1v) is 16.5. The topological polar surface area (TPSA) is 46.5 Å². The summed E-state index contributed by atoms with van der Waals surface area (Å²) in [5, 5.41) is 8.50. The Bertz CT molecular complexity index is 1470. The third-order valence-corrected chi connectivity index (χ3v) is 8.27. The SMILES string of the molecule is CCC[C@H](CC)C(=O)O.CCCc1c(CCc2cccc(C)c2)cccc1-c1cccc(OCc2cccc(C)c2)c1CC. The number of benzene rings is 4. The molecule has 0 bridgehead atoms. The first-order chi connectivity index (χ1) is 21.3. The van der Waals surface area contributed by atoms with Crippen LogP contribution in [-0.4, -0.2) is 11.1 Å². The van der Waals surface area contributed by atoms with E-state index in [0.29, 0.717) is 6.61 Å². The van der Waals surface area contributed by atoms with Gasteiger partial charge in [0, 0.05) is 5.56 Å². The Hall–Kier alpha value is -3.85. The van der Waals surface area contributed by atoms with E-state index in [-0.39, 0.29) is 5.92 Å². The van der Waals surface area contributed by atoms with Gasteiger partial charge < -0.3 is 9.84 Å². The maximum absolute atomic E-state index is 10.3. The number of hydrogen-bond donors (Lipinski definition) is 1. The molecule has 1 N–H and O–H groups in total. The molecule has 0 radical (unpaired) electrons. The van der Waals surface area contributed by atoms with Gasteiger partial charge in [-0.15, -0.1) is 0 Å². The van der Waals surface area contributed by atoms with Crippen LogP contribution in [-0.2, 0) is 37.1 Å². The van der Waals surface area contributed by atoms with Gasteiger partial charge in [-0.3, -0.25) is 4.79 Å². The standard InChI is InChI=1S/C34H38O.C7H14O2/c1-5-11-31-29(21-20-27-14-7-12-25(3)22-27)16-9-17-33(31)32-18-10-19-34(30(32)6-2)35-24-28-15-8-13-26(4)23-28;1-3-5-6(4-2)7(8)9/h7-10,12-19,22-23H,5-6,11,20-21,24H2,1-4H3;6H,3-5H2,1-2H3,(H,8,9)/t;6-/m.0/s1. The summed E-state index contributed by atoms with van der Waals surface area (Å²) >= 11 is 0. The van der Waals surface area contributed by atoms with Crippen molar-refractivity contribution in [2.24, 2.45) is 5.92 Å². The van der Waals surface area contributed by atoms with Crippen molar-refractivity contribution >= 4 is 5.97 Å². The molecule has 0 fully saturated rings. The number of rotatable bonds is 14. The number of carboxylic acid groups (broad SMARTS) is 1.